The average molecular weight is 497 g/mol. The van der Waals surface area contributed by atoms with Gasteiger partial charge < -0.3 is 14.8 Å². The summed E-state index contributed by atoms with van der Waals surface area (Å²) in [5, 5.41) is 2.94. The Balaban J connectivity index is 1.94. The minimum Gasteiger partial charge on any atom is -0.493 e. The Labute approximate surface area is 207 Å². The van der Waals surface area contributed by atoms with Crippen molar-refractivity contribution in [2.45, 2.75) is 38.6 Å². The molecule has 186 valence electrons. The van der Waals surface area contributed by atoms with Gasteiger partial charge in [-0.05, 0) is 63.1 Å². The van der Waals surface area contributed by atoms with Crippen LogP contribution in [0.5, 0.6) is 11.5 Å². The molecule has 0 radical (unpaired) electrons. The number of methoxy groups -OCH3 is 2. The molecule has 0 heterocycles. The summed E-state index contributed by atoms with van der Waals surface area (Å²) in [4.78, 5) is 13.1. The van der Waals surface area contributed by atoms with Gasteiger partial charge in [0.15, 0.2) is 11.5 Å². The van der Waals surface area contributed by atoms with Gasteiger partial charge >= 0.3 is 0 Å². The topological polar surface area (TPSA) is 84.9 Å². The van der Waals surface area contributed by atoms with Crippen molar-refractivity contribution in [1.82, 2.24) is 5.32 Å². The fourth-order valence-corrected chi connectivity index (χ4v) is 5.37. The Hall–Kier alpha value is -3.52. The number of carbonyl (C=O) groups excluding carboxylic acids is 1. The van der Waals surface area contributed by atoms with Crippen molar-refractivity contribution < 1.29 is 22.7 Å². The predicted octanol–water partition coefficient (Wildman–Crippen LogP) is 4.70. The van der Waals surface area contributed by atoms with Crippen molar-refractivity contribution in [2.24, 2.45) is 0 Å². The summed E-state index contributed by atoms with van der Waals surface area (Å²) >= 11 is 0. The molecule has 1 amide bonds. The SMILES string of the molecule is COc1ccc(S(=O)(=O)N(CC(=O)N[C@H](C)c2ccc(C)cc2C)c2ccc(C)cc2)cc1OC. The Morgan fingerprint density at radius 1 is 0.886 bits per heavy atom. The zero-order chi connectivity index (χ0) is 25.8. The zero-order valence-corrected chi connectivity index (χ0v) is 21.8. The van der Waals surface area contributed by atoms with Crippen LogP contribution in [-0.4, -0.2) is 35.1 Å². The molecule has 0 aliphatic rings. The Bertz CT molecular complexity index is 1300. The van der Waals surface area contributed by atoms with Crippen LogP contribution in [0.15, 0.2) is 65.6 Å². The molecule has 3 aromatic carbocycles. The monoisotopic (exact) mass is 496 g/mol. The van der Waals surface area contributed by atoms with Gasteiger partial charge in [-0.3, -0.25) is 9.10 Å². The van der Waals surface area contributed by atoms with Crippen molar-refractivity contribution in [2.75, 3.05) is 25.1 Å². The summed E-state index contributed by atoms with van der Waals surface area (Å²) in [6, 6.07) is 17.1. The zero-order valence-electron chi connectivity index (χ0n) is 21.0. The van der Waals surface area contributed by atoms with Crippen molar-refractivity contribution in [1.29, 1.82) is 0 Å². The maximum Gasteiger partial charge on any atom is 0.264 e. The van der Waals surface area contributed by atoms with Crippen molar-refractivity contribution in [3.05, 3.63) is 82.9 Å². The van der Waals surface area contributed by atoms with E-state index in [9.17, 15) is 13.2 Å². The first-order valence-electron chi connectivity index (χ1n) is 11.2. The molecule has 3 rings (SSSR count). The number of aryl methyl sites for hydroxylation is 3. The van der Waals surface area contributed by atoms with E-state index in [0.29, 0.717) is 11.4 Å². The van der Waals surface area contributed by atoms with Gasteiger partial charge in [0.25, 0.3) is 10.0 Å². The quantitative estimate of drug-likeness (QED) is 0.464. The van der Waals surface area contributed by atoms with Crippen molar-refractivity contribution >= 4 is 21.6 Å². The second-order valence-electron chi connectivity index (χ2n) is 8.51. The Morgan fingerprint density at radius 3 is 2.11 bits per heavy atom. The van der Waals surface area contributed by atoms with E-state index >= 15 is 0 Å². The molecule has 0 aromatic heterocycles. The lowest BCUT2D eigenvalue weighted by molar-refractivity contribution is -0.120. The van der Waals surface area contributed by atoms with Gasteiger partial charge in [-0.2, -0.15) is 0 Å². The number of amides is 1. The number of hydrogen-bond donors (Lipinski definition) is 1. The van der Waals surface area contributed by atoms with E-state index in [1.54, 1.807) is 12.1 Å². The van der Waals surface area contributed by atoms with E-state index in [1.165, 1.54) is 32.4 Å². The summed E-state index contributed by atoms with van der Waals surface area (Å²) in [6.45, 7) is 7.42. The second kappa shape index (κ2) is 10.8. The minimum absolute atomic E-state index is 0.00838. The molecule has 0 aliphatic heterocycles. The van der Waals surface area contributed by atoms with Crippen LogP contribution in [0.1, 0.15) is 35.2 Å². The molecule has 0 fully saturated rings. The lowest BCUT2D eigenvalue weighted by atomic mass is 10.0. The number of nitrogens with zero attached hydrogens (tertiary/aromatic N) is 1. The van der Waals surface area contributed by atoms with Crippen LogP contribution in [0.25, 0.3) is 0 Å². The van der Waals surface area contributed by atoms with Gasteiger partial charge in [0, 0.05) is 6.07 Å². The fourth-order valence-electron chi connectivity index (χ4n) is 3.94. The van der Waals surface area contributed by atoms with Gasteiger partial charge in [-0.25, -0.2) is 8.42 Å². The summed E-state index contributed by atoms with van der Waals surface area (Å²) in [6.07, 6.45) is 0. The molecule has 7 nitrogen and oxygen atoms in total. The molecule has 0 saturated heterocycles. The highest BCUT2D eigenvalue weighted by Crippen LogP contribution is 2.32. The number of ether oxygens (including phenoxy) is 2. The van der Waals surface area contributed by atoms with Gasteiger partial charge in [-0.15, -0.1) is 0 Å². The van der Waals surface area contributed by atoms with Gasteiger partial charge in [0.1, 0.15) is 6.54 Å². The first-order valence-corrected chi connectivity index (χ1v) is 12.7. The van der Waals surface area contributed by atoms with Gasteiger partial charge in [0.2, 0.25) is 5.91 Å². The standard InChI is InChI=1S/C27H32N2O5S/c1-18-7-10-22(11-8-18)29(35(31,32)23-12-14-25(33-5)26(16-23)34-6)17-27(30)28-21(4)24-13-9-19(2)15-20(24)3/h7-16,21H,17H2,1-6H3,(H,28,30)/t21-/m1/s1. The first kappa shape index (κ1) is 26.1. The number of nitrogens with one attached hydrogen (secondary N) is 1. The highest BCUT2D eigenvalue weighted by atomic mass is 32.2. The highest BCUT2D eigenvalue weighted by Gasteiger charge is 2.29. The van der Waals surface area contributed by atoms with E-state index in [-0.39, 0.29) is 23.2 Å². The molecule has 0 bridgehead atoms. The third-order valence-corrected chi connectivity index (χ3v) is 7.59. The molecular formula is C27H32N2O5S. The molecule has 0 spiro atoms. The van der Waals surface area contributed by atoms with E-state index < -0.39 is 15.9 Å². The van der Waals surface area contributed by atoms with Gasteiger partial charge in [-0.1, -0.05) is 41.5 Å². The molecule has 8 heteroatoms. The van der Waals surface area contributed by atoms with E-state index in [0.717, 1.165) is 26.6 Å². The van der Waals surface area contributed by atoms with Gasteiger partial charge in [0.05, 0.1) is 30.8 Å². The predicted molar refractivity (Wildman–Crippen MR) is 138 cm³/mol. The summed E-state index contributed by atoms with van der Waals surface area (Å²) < 4.78 is 39.1. The Morgan fingerprint density at radius 2 is 1.51 bits per heavy atom. The molecule has 1 atom stereocenters. The minimum atomic E-state index is -4.10. The van der Waals surface area contributed by atoms with Crippen LogP contribution in [0.4, 0.5) is 5.69 Å². The smallest absolute Gasteiger partial charge is 0.264 e. The molecular weight excluding hydrogens is 464 g/mol. The number of sulfonamides is 1. The maximum atomic E-state index is 13.7. The summed E-state index contributed by atoms with van der Waals surface area (Å²) in [7, 11) is -1.18. The largest absolute Gasteiger partial charge is 0.493 e. The number of carbonyl (C=O) groups is 1. The average Bonchev–Trinajstić information content (AvgIpc) is 2.82. The van der Waals surface area contributed by atoms with Crippen LogP contribution in [-0.2, 0) is 14.8 Å². The van der Waals surface area contributed by atoms with Crippen molar-refractivity contribution in [3.63, 3.8) is 0 Å². The number of hydrogen-bond acceptors (Lipinski definition) is 5. The first-order chi connectivity index (χ1) is 16.6. The number of rotatable bonds is 9. The molecule has 3 aromatic rings. The van der Waals surface area contributed by atoms with Crippen LogP contribution in [0.2, 0.25) is 0 Å². The third-order valence-electron chi connectivity index (χ3n) is 5.82. The molecule has 1 N–H and O–H groups in total. The van der Waals surface area contributed by atoms with E-state index in [1.807, 2.05) is 52.0 Å². The Kier molecular flexibility index (Phi) is 8.07. The van der Waals surface area contributed by atoms with Crippen LogP contribution < -0.4 is 19.1 Å². The lowest BCUT2D eigenvalue weighted by Crippen LogP contribution is -2.41. The second-order valence-corrected chi connectivity index (χ2v) is 10.4. The summed E-state index contributed by atoms with van der Waals surface area (Å²) in [5.74, 6) is 0.279. The van der Waals surface area contributed by atoms with Crippen LogP contribution in [0, 0.1) is 20.8 Å². The van der Waals surface area contributed by atoms with Crippen molar-refractivity contribution in [3.8, 4) is 11.5 Å². The molecule has 35 heavy (non-hydrogen) atoms. The van der Waals surface area contributed by atoms with E-state index in [2.05, 4.69) is 11.4 Å². The van der Waals surface area contributed by atoms with Crippen LogP contribution in [0.3, 0.4) is 0 Å². The lowest BCUT2D eigenvalue weighted by Gasteiger charge is -2.26. The number of benzene rings is 3. The maximum absolute atomic E-state index is 13.7. The third kappa shape index (κ3) is 5.95. The van der Waals surface area contributed by atoms with Crippen LogP contribution >= 0.6 is 0 Å². The normalized spacial score (nSPS) is 12.1. The van der Waals surface area contributed by atoms with E-state index in [4.69, 9.17) is 9.47 Å². The molecule has 0 aliphatic carbocycles. The molecule has 0 unspecified atom stereocenters. The highest BCUT2D eigenvalue weighted by molar-refractivity contribution is 7.92. The fraction of sp³-hybridized carbons (Fsp3) is 0.296. The number of anilines is 1. The summed E-state index contributed by atoms with van der Waals surface area (Å²) in [5.41, 5.74) is 4.54. The molecule has 0 saturated carbocycles.